The van der Waals surface area contributed by atoms with Gasteiger partial charge in [0.25, 0.3) is 0 Å². The van der Waals surface area contributed by atoms with Crippen LogP contribution in [0.25, 0.3) is 0 Å². The van der Waals surface area contributed by atoms with Crippen LogP contribution in [0, 0.1) is 0 Å². The number of nitrogens with one attached hydrogen (secondary N) is 1. The smallest absolute Gasteiger partial charge is 0.459 e. The topological polar surface area (TPSA) is 136 Å². The Balaban J connectivity index is 1.71. The number of hydrogen-bond acceptors (Lipinski definition) is 9. The molecular weight excluding hydrogens is 451 g/mol. The highest BCUT2D eigenvalue weighted by Gasteiger charge is 2.45. The molecule has 3 rings (SSSR count). The molecule has 1 aliphatic heterocycles. The van der Waals surface area contributed by atoms with Crippen molar-refractivity contribution >= 4 is 13.7 Å². The lowest BCUT2D eigenvalue weighted by Crippen LogP contribution is -2.38. The Morgan fingerprint density at radius 2 is 1.79 bits per heavy atom. The number of aliphatic hydroxyl groups excluding tert-OH is 2. The molecule has 0 radical (unpaired) electrons. The number of pyridine rings is 1. The molecule has 6 atom stereocenters. The molecule has 33 heavy (non-hydrogen) atoms. The number of ether oxygens (including phenoxy) is 2. The fourth-order valence-corrected chi connectivity index (χ4v) is 4.72. The zero-order chi connectivity index (χ0) is 24.0. The van der Waals surface area contributed by atoms with Gasteiger partial charge in [0.2, 0.25) is 0 Å². The third-order valence-corrected chi connectivity index (χ3v) is 6.48. The summed E-state index contributed by atoms with van der Waals surface area (Å²) in [6, 6.07) is 10.6. The Hall–Kier alpha value is -2.33. The molecule has 1 aromatic heterocycles. The Morgan fingerprint density at radius 3 is 2.42 bits per heavy atom. The second kappa shape index (κ2) is 11.2. The van der Waals surface area contributed by atoms with Crippen molar-refractivity contribution in [3.05, 3.63) is 60.4 Å². The molecule has 1 saturated heterocycles. The first-order chi connectivity index (χ1) is 15.7. The van der Waals surface area contributed by atoms with Crippen LogP contribution in [0.15, 0.2) is 54.9 Å². The number of aliphatic hydroxyl groups is 2. The van der Waals surface area contributed by atoms with Gasteiger partial charge in [-0.05, 0) is 50.6 Å². The van der Waals surface area contributed by atoms with Crippen LogP contribution in [0.2, 0.25) is 0 Å². The zero-order valence-electron chi connectivity index (χ0n) is 18.6. The van der Waals surface area contributed by atoms with E-state index in [1.54, 1.807) is 68.7 Å². The third-order valence-electron chi connectivity index (χ3n) is 4.83. The molecule has 1 aromatic carbocycles. The summed E-state index contributed by atoms with van der Waals surface area (Å²) in [5.74, 6) is -0.379. The number of carbonyl (C=O) groups excluding carboxylic acids is 1. The number of benzene rings is 1. The summed E-state index contributed by atoms with van der Waals surface area (Å²) in [6.07, 6.45) is -1.58. The number of carbonyl (C=O) groups is 1. The molecule has 180 valence electrons. The summed E-state index contributed by atoms with van der Waals surface area (Å²) in [5, 5.41) is 23.4. The minimum absolute atomic E-state index is 0.250. The molecule has 3 unspecified atom stereocenters. The molecule has 2 aromatic rings. The standard InChI is InChI=1S/C22H29N2O8P/c1-14(2)30-22(27)15(3)24-33(28,32-17-7-5-4-6-8-17)29-13-18-19(25)20(26)21(31-18)16-9-11-23-12-10-16/h4-12,14-15,18-21,25-26H,13H2,1-3H3,(H,24,28)/t15-,18?,19+,20+,21?,33?/m0/s1. The number of para-hydroxylation sites is 1. The lowest BCUT2D eigenvalue weighted by atomic mass is 10.0. The van der Waals surface area contributed by atoms with E-state index in [1.165, 1.54) is 6.92 Å². The van der Waals surface area contributed by atoms with E-state index in [1.807, 2.05) is 0 Å². The van der Waals surface area contributed by atoms with Crippen LogP contribution in [0.4, 0.5) is 0 Å². The van der Waals surface area contributed by atoms with E-state index in [-0.39, 0.29) is 18.5 Å². The van der Waals surface area contributed by atoms with Crippen LogP contribution >= 0.6 is 7.75 Å². The van der Waals surface area contributed by atoms with Crippen LogP contribution in [-0.2, 0) is 23.4 Å². The molecule has 10 nitrogen and oxygen atoms in total. The van der Waals surface area contributed by atoms with Crippen LogP contribution in [0.1, 0.15) is 32.4 Å². The average molecular weight is 480 g/mol. The molecule has 2 heterocycles. The van der Waals surface area contributed by atoms with Crippen molar-refractivity contribution in [1.29, 1.82) is 0 Å². The summed E-state index contributed by atoms with van der Waals surface area (Å²) in [4.78, 5) is 16.1. The second-order valence-corrected chi connectivity index (χ2v) is 9.58. The lowest BCUT2D eigenvalue weighted by molar-refractivity contribution is -0.149. The normalized spacial score (nSPS) is 25.4. The molecule has 0 amide bonds. The number of esters is 1. The Bertz CT molecular complexity index is 946. The van der Waals surface area contributed by atoms with E-state index in [0.717, 1.165) is 0 Å². The third kappa shape index (κ3) is 6.83. The SMILES string of the molecule is CC(C)OC(=O)[C@H](C)NP(=O)(OCC1OC(c2ccncc2)[C@H](O)[C@@H]1O)Oc1ccccc1. The van der Waals surface area contributed by atoms with Gasteiger partial charge >= 0.3 is 13.7 Å². The summed E-state index contributed by atoms with van der Waals surface area (Å²) < 4.78 is 35.5. The highest BCUT2D eigenvalue weighted by molar-refractivity contribution is 7.52. The quantitative estimate of drug-likeness (QED) is 0.343. The van der Waals surface area contributed by atoms with E-state index >= 15 is 0 Å². The number of aromatic nitrogens is 1. The van der Waals surface area contributed by atoms with Gasteiger partial charge < -0.3 is 24.2 Å². The maximum absolute atomic E-state index is 13.5. The van der Waals surface area contributed by atoms with Gasteiger partial charge in [-0.25, -0.2) is 4.57 Å². The number of rotatable bonds is 10. The Kier molecular flexibility index (Phi) is 8.58. The Labute approximate surface area is 192 Å². The Morgan fingerprint density at radius 1 is 1.12 bits per heavy atom. The highest BCUT2D eigenvalue weighted by atomic mass is 31.2. The van der Waals surface area contributed by atoms with Crippen molar-refractivity contribution in [2.45, 2.75) is 57.3 Å². The molecule has 1 aliphatic rings. The first-order valence-corrected chi connectivity index (χ1v) is 12.1. The van der Waals surface area contributed by atoms with E-state index in [9.17, 15) is 19.6 Å². The minimum Gasteiger partial charge on any atom is -0.462 e. The number of hydrogen-bond donors (Lipinski definition) is 3. The van der Waals surface area contributed by atoms with Gasteiger partial charge in [0.15, 0.2) is 0 Å². The summed E-state index contributed by atoms with van der Waals surface area (Å²) >= 11 is 0. The van der Waals surface area contributed by atoms with E-state index in [4.69, 9.17) is 18.5 Å². The van der Waals surface area contributed by atoms with Gasteiger partial charge in [0.1, 0.15) is 36.2 Å². The summed E-state index contributed by atoms with van der Waals surface area (Å²) in [6.45, 7) is 4.50. The van der Waals surface area contributed by atoms with Crippen LogP contribution < -0.4 is 9.61 Å². The summed E-state index contributed by atoms with van der Waals surface area (Å²) in [7, 11) is -4.12. The van der Waals surface area contributed by atoms with E-state index in [0.29, 0.717) is 5.56 Å². The zero-order valence-corrected chi connectivity index (χ0v) is 19.5. The van der Waals surface area contributed by atoms with Gasteiger partial charge in [-0.2, -0.15) is 5.09 Å². The van der Waals surface area contributed by atoms with Crippen LogP contribution in [0.3, 0.4) is 0 Å². The molecular formula is C22H29N2O8P. The van der Waals surface area contributed by atoms with Gasteiger partial charge in [-0.1, -0.05) is 18.2 Å². The molecule has 0 bridgehead atoms. The van der Waals surface area contributed by atoms with Gasteiger partial charge in [0.05, 0.1) is 12.7 Å². The fraction of sp³-hybridized carbons (Fsp3) is 0.455. The minimum atomic E-state index is -4.12. The van der Waals surface area contributed by atoms with Gasteiger partial charge in [0, 0.05) is 12.4 Å². The van der Waals surface area contributed by atoms with E-state index < -0.39 is 44.2 Å². The van der Waals surface area contributed by atoms with Crippen molar-refractivity contribution in [3.8, 4) is 5.75 Å². The highest BCUT2D eigenvalue weighted by Crippen LogP contribution is 2.46. The van der Waals surface area contributed by atoms with Crippen molar-refractivity contribution < 1.29 is 38.1 Å². The molecule has 11 heteroatoms. The van der Waals surface area contributed by atoms with Crippen LogP contribution in [0.5, 0.6) is 5.75 Å². The van der Waals surface area contributed by atoms with Gasteiger partial charge in [-0.15, -0.1) is 0 Å². The first kappa shape index (κ1) is 25.3. The molecule has 1 fully saturated rings. The summed E-state index contributed by atoms with van der Waals surface area (Å²) in [5.41, 5.74) is 0.631. The van der Waals surface area contributed by atoms with E-state index in [2.05, 4.69) is 10.1 Å². The molecule has 3 N–H and O–H groups in total. The maximum Gasteiger partial charge on any atom is 0.459 e. The predicted molar refractivity (Wildman–Crippen MR) is 118 cm³/mol. The largest absolute Gasteiger partial charge is 0.462 e. The van der Waals surface area contributed by atoms with Gasteiger partial charge in [-0.3, -0.25) is 14.3 Å². The maximum atomic E-state index is 13.5. The first-order valence-electron chi connectivity index (χ1n) is 10.6. The molecule has 0 aliphatic carbocycles. The average Bonchev–Trinajstić information content (AvgIpc) is 3.07. The lowest BCUT2D eigenvalue weighted by Gasteiger charge is -2.25. The fourth-order valence-electron chi connectivity index (χ4n) is 3.22. The monoisotopic (exact) mass is 480 g/mol. The molecule has 0 saturated carbocycles. The van der Waals surface area contributed by atoms with Crippen LogP contribution in [-0.4, -0.2) is 58.2 Å². The molecule has 0 spiro atoms. The predicted octanol–water partition coefficient (Wildman–Crippen LogP) is 2.38. The van der Waals surface area contributed by atoms with Crippen molar-refractivity contribution in [1.82, 2.24) is 10.1 Å². The van der Waals surface area contributed by atoms with Crippen molar-refractivity contribution in [3.63, 3.8) is 0 Å². The number of nitrogens with zero attached hydrogens (tertiary/aromatic N) is 1. The van der Waals surface area contributed by atoms with Crippen molar-refractivity contribution in [2.75, 3.05) is 6.61 Å². The van der Waals surface area contributed by atoms with Crippen molar-refractivity contribution in [2.24, 2.45) is 0 Å². The second-order valence-electron chi connectivity index (χ2n) is 7.89.